The van der Waals surface area contributed by atoms with Gasteiger partial charge < -0.3 is 0 Å². The largest absolute Gasteiger partial charge is 0.279 e. The summed E-state index contributed by atoms with van der Waals surface area (Å²) in [7, 11) is -3.56. The Morgan fingerprint density at radius 2 is 1.86 bits per heavy atom. The summed E-state index contributed by atoms with van der Waals surface area (Å²) in [6.45, 7) is 8.61. The predicted molar refractivity (Wildman–Crippen MR) is 120 cm³/mol. The van der Waals surface area contributed by atoms with Gasteiger partial charge in [-0.25, -0.2) is 13.1 Å². The van der Waals surface area contributed by atoms with Crippen LogP contribution in [0.2, 0.25) is 4.34 Å². The molecule has 0 aromatic carbocycles. The van der Waals surface area contributed by atoms with Gasteiger partial charge in [-0.3, -0.25) is 9.30 Å². The summed E-state index contributed by atoms with van der Waals surface area (Å²) in [5.74, 6) is 0. The third-order valence-electron chi connectivity index (χ3n) is 4.68. The third kappa shape index (κ3) is 4.73. The average molecular weight is 474 g/mol. The highest BCUT2D eigenvalue weighted by molar-refractivity contribution is 7.89. The number of nitrogens with zero attached hydrogens (tertiary/aromatic N) is 5. The van der Waals surface area contributed by atoms with Gasteiger partial charge in [-0.15, -0.1) is 11.3 Å². The molecule has 0 bridgehead atoms. The van der Waals surface area contributed by atoms with E-state index in [1.165, 1.54) is 9.18 Å². The summed E-state index contributed by atoms with van der Waals surface area (Å²) < 4.78 is 31.7. The van der Waals surface area contributed by atoms with Crippen molar-refractivity contribution in [2.45, 2.75) is 38.9 Å². The zero-order valence-corrected chi connectivity index (χ0v) is 19.8. The third-order valence-corrected chi connectivity index (χ3v) is 8.34. The molecular weight excluding hydrogens is 450 g/mol. The van der Waals surface area contributed by atoms with Gasteiger partial charge in [0.25, 0.3) is 0 Å². The van der Waals surface area contributed by atoms with Gasteiger partial charge in [-0.2, -0.15) is 9.40 Å². The number of sulfonamides is 1. The van der Waals surface area contributed by atoms with Crippen molar-refractivity contribution in [2.24, 2.45) is 0 Å². The van der Waals surface area contributed by atoms with Gasteiger partial charge in [0.1, 0.15) is 0 Å². The van der Waals surface area contributed by atoms with Gasteiger partial charge in [-0.1, -0.05) is 32.4 Å². The molecule has 29 heavy (non-hydrogen) atoms. The quantitative estimate of drug-likeness (QED) is 0.438. The smallest absolute Gasteiger partial charge is 0.244 e. The van der Waals surface area contributed by atoms with Crippen LogP contribution in [0.25, 0.3) is 5.65 Å². The van der Waals surface area contributed by atoms with E-state index in [9.17, 15) is 8.42 Å². The van der Waals surface area contributed by atoms with Crippen LogP contribution in [-0.4, -0.2) is 51.4 Å². The van der Waals surface area contributed by atoms with Crippen LogP contribution in [0.5, 0.6) is 0 Å². The second-order valence-corrected chi connectivity index (χ2v) is 10.6. The van der Waals surface area contributed by atoms with Crippen LogP contribution in [0, 0.1) is 4.77 Å². The topological polar surface area (TPSA) is 62.9 Å². The molecule has 0 fully saturated rings. The van der Waals surface area contributed by atoms with Crippen molar-refractivity contribution in [2.75, 3.05) is 19.6 Å². The van der Waals surface area contributed by atoms with Crippen molar-refractivity contribution < 1.29 is 8.42 Å². The Bertz CT molecular complexity index is 1150. The number of pyridine rings is 1. The monoisotopic (exact) mass is 473 g/mol. The molecule has 0 saturated heterocycles. The van der Waals surface area contributed by atoms with Crippen molar-refractivity contribution in [1.29, 1.82) is 0 Å². The highest BCUT2D eigenvalue weighted by Crippen LogP contribution is 2.23. The molecule has 0 aliphatic rings. The van der Waals surface area contributed by atoms with E-state index in [0.717, 1.165) is 17.4 Å². The van der Waals surface area contributed by atoms with E-state index >= 15 is 0 Å². The molecule has 11 heteroatoms. The summed E-state index contributed by atoms with van der Waals surface area (Å²) in [4.78, 5) is 3.57. The molecule has 7 nitrogen and oxygen atoms in total. The minimum absolute atomic E-state index is 0.213. The summed E-state index contributed by atoms with van der Waals surface area (Å²) in [6.07, 6.45) is 1.56. The lowest BCUT2D eigenvalue weighted by Crippen LogP contribution is -2.30. The highest BCUT2D eigenvalue weighted by atomic mass is 35.5. The van der Waals surface area contributed by atoms with Crippen LogP contribution in [-0.2, 0) is 23.2 Å². The normalized spacial score (nSPS) is 12.5. The summed E-state index contributed by atoms with van der Waals surface area (Å²) in [6, 6.07) is 7.19. The maximum absolute atomic E-state index is 12.8. The lowest BCUT2D eigenvalue weighted by Gasteiger charge is -2.19. The Labute approximate surface area is 185 Å². The van der Waals surface area contributed by atoms with Crippen molar-refractivity contribution in [3.63, 3.8) is 0 Å². The standard InChI is InChI=1S/C18H24ClN5O2S3/c1-4-21(11-14-7-9-16(19)28-14)13-24-18(27)23-12-15(8-10-17(23)20-24)29(25,26)22(5-2)6-3/h7-10,12H,4-6,11,13H2,1-3H3. The summed E-state index contributed by atoms with van der Waals surface area (Å²) in [5.41, 5.74) is 0.615. The maximum atomic E-state index is 12.8. The number of thiophene rings is 1. The van der Waals surface area contributed by atoms with E-state index in [4.69, 9.17) is 23.8 Å². The Balaban J connectivity index is 1.90. The van der Waals surface area contributed by atoms with Crippen LogP contribution < -0.4 is 0 Å². The predicted octanol–water partition coefficient (Wildman–Crippen LogP) is 4.09. The molecule has 3 aromatic rings. The minimum Gasteiger partial charge on any atom is -0.279 e. The van der Waals surface area contributed by atoms with E-state index in [1.807, 2.05) is 26.0 Å². The lowest BCUT2D eigenvalue weighted by molar-refractivity contribution is 0.209. The van der Waals surface area contributed by atoms with Crippen molar-refractivity contribution in [3.05, 3.63) is 44.4 Å². The van der Waals surface area contributed by atoms with Crippen LogP contribution in [0.1, 0.15) is 25.6 Å². The van der Waals surface area contributed by atoms with Crippen LogP contribution in [0.3, 0.4) is 0 Å². The zero-order chi connectivity index (χ0) is 21.2. The number of aromatic nitrogens is 3. The molecule has 0 amide bonds. The van der Waals surface area contributed by atoms with E-state index in [0.29, 0.717) is 30.2 Å². The molecule has 0 N–H and O–H groups in total. The highest BCUT2D eigenvalue weighted by Gasteiger charge is 2.22. The molecule has 158 valence electrons. The lowest BCUT2D eigenvalue weighted by atomic mass is 10.4. The van der Waals surface area contributed by atoms with Crippen LogP contribution >= 0.6 is 35.2 Å². The molecule has 0 atom stereocenters. The van der Waals surface area contributed by atoms with Gasteiger partial charge in [0.05, 0.1) is 15.9 Å². The van der Waals surface area contributed by atoms with Crippen LogP contribution in [0.15, 0.2) is 35.4 Å². The first-order valence-electron chi connectivity index (χ1n) is 9.36. The van der Waals surface area contributed by atoms with Crippen molar-refractivity contribution in [1.82, 2.24) is 23.4 Å². The van der Waals surface area contributed by atoms with Gasteiger partial charge >= 0.3 is 0 Å². The molecule has 0 saturated carbocycles. The number of hydrogen-bond donors (Lipinski definition) is 0. The molecule has 3 rings (SSSR count). The average Bonchev–Trinajstić information content (AvgIpc) is 3.24. The summed E-state index contributed by atoms with van der Waals surface area (Å²) in [5, 5.41) is 4.56. The Hall–Kier alpha value is -1.30. The summed E-state index contributed by atoms with van der Waals surface area (Å²) >= 11 is 13.2. The first-order chi connectivity index (χ1) is 13.8. The fourth-order valence-corrected chi connectivity index (χ4v) is 5.90. The minimum atomic E-state index is -3.56. The molecule has 0 spiro atoms. The molecule has 0 aliphatic carbocycles. The SMILES string of the molecule is CCN(Cc1ccc(Cl)s1)Cn1nc2ccc(S(=O)(=O)N(CC)CC)cn2c1=S. The molecule has 3 aromatic heterocycles. The number of halogens is 1. The number of hydrogen-bond acceptors (Lipinski definition) is 6. The van der Waals surface area contributed by atoms with E-state index in [-0.39, 0.29) is 4.90 Å². The second-order valence-electron chi connectivity index (χ2n) is 6.46. The van der Waals surface area contributed by atoms with Gasteiger partial charge in [0, 0.05) is 30.7 Å². The van der Waals surface area contributed by atoms with Crippen molar-refractivity contribution in [3.8, 4) is 0 Å². The fourth-order valence-electron chi connectivity index (χ4n) is 3.06. The van der Waals surface area contributed by atoms with Crippen LogP contribution in [0.4, 0.5) is 0 Å². The fraction of sp³-hybridized carbons (Fsp3) is 0.444. The molecular formula is C18H24ClN5O2S3. The van der Waals surface area contributed by atoms with Gasteiger partial charge in [0.2, 0.25) is 14.8 Å². The van der Waals surface area contributed by atoms with E-state index in [1.54, 1.807) is 38.7 Å². The first kappa shape index (κ1) is 22.4. The Morgan fingerprint density at radius 3 is 2.45 bits per heavy atom. The van der Waals surface area contributed by atoms with E-state index < -0.39 is 10.0 Å². The zero-order valence-electron chi connectivity index (χ0n) is 16.6. The van der Waals surface area contributed by atoms with Gasteiger partial charge in [0.15, 0.2) is 5.65 Å². The molecule has 0 radical (unpaired) electrons. The number of fused-ring (bicyclic) bond motifs is 1. The van der Waals surface area contributed by atoms with Gasteiger partial charge in [-0.05, 0) is 43.0 Å². The number of rotatable bonds is 9. The Morgan fingerprint density at radius 1 is 1.14 bits per heavy atom. The molecule has 0 unspecified atom stereocenters. The second kappa shape index (κ2) is 9.23. The van der Waals surface area contributed by atoms with Crippen molar-refractivity contribution >= 4 is 50.8 Å². The molecule has 0 aliphatic heterocycles. The maximum Gasteiger partial charge on any atom is 0.244 e. The molecule has 3 heterocycles. The Kier molecular flexibility index (Phi) is 7.13. The first-order valence-corrected chi connectivity index (χ1v) is 12.4. The van der Waals surface area contributed by atoms with E-state index in [2.05, 4.69) is 16.9 Å².